The number of aromatic nitrogens is 1. The Bertz CT molecular complexity index is 405. The Kier molecular flexibility index (Phi) is 6.24. The van der Waals surface area contributed by atoms with Crippen LogP contribution in [0.1, 0.15) is 24.1 Å². The van der Waals surface area contributed by atoms with Gasteiger partial charge in [0.1, 0.15) is 5.75 Å². The van der Waals surface area contributed by atoms with E-state index in [0.29, 0.717) is 6.54 Å². The molecule has 3 N–H and O–H groups in total. The molecule has 0 saturated carbocycles. The summed E-state index contributed by atoms with van der Waals surface area (Å²) in [5.41, 5.74) is 7.64. The number of nitrogens with one attached hydrogen (secondary N) is 1. The topological polar surface area (TPSA) is 63.4 Å². The summed E-state index contributed by atoms with van der Waals surface area (Å²) in [5.74, 6) is 0.919. The maximum atomic E-state index is 5.84. The molecule has 0 aliphatic carbocycles. The zero-order valence-corrected chi connectivity index (χ0v) is 12.4. The number of unbranched alkanes of at least 4 members (excludes halogenated alkanes) is 1. The summed E-state index contributed by atoms with van der Waals surface area (Å²) in [6.07, 6.45) is 4.04. The van der Waals surface area contributed by atoms with Gasteiger partial charge >= 0.3 is 0 Å². The zero-order valence-electron chi connectivity index (χ0n) is 12.4. The van der Waals surface area contributed by atoms with Crippen molar-refractivity contribution in [2.75, 3.05) is 39.3 Å². The van der Waals surface area contributed by atoms with Crippen LogP contribution in [0.15, 0.2) is 12.3 Å². The molecule has 0 amide bonds. The first-order chi connectivity index (χ1) is 9.81. The van der Waals surface area contributed by atoms with Crippen molar-refractivity contribution in [2.24, 2.45) is 5.73 Å². The summed E-state index contributed by atoms with van der Waals surface area (Å²) in [6, 6.07) is 1.92. The molecule has 0 spiro atoms. The van der Waals surface area contributed by atoms with E-state index in [1.54, 1.807) is 6.20 Å². The van der Waals surface area contributed by atoms with E-state index in [1.165, 1.54) is 26.1 Å². The minimum Gasteiger partial charge on any atom is -0.493 e. The van der Waals surface area contributed by atoms with Gasteiger partial charge in [-0.1, -0.05) is 0 Å². The van der Waals surface area contributed by atoms with Crippen molar-refractivity contribution in [3.05, 3.63) is 23.5 Å². The molecule has 1 aliphatic heterocycles. The number of nitrogens with two attached hydrogens (primary N) is 1. The highest BCUT2D eigenvalue weighted by molar-refractivity contribution is 5.34. The molecular weight excluding hydrogens is 252 g/mol. The minimum atomic E-state index is 0.464. The third kappa shape index (κ3) is 4.44. The predicted octanol–water partition coefficient (Wildman–Crippen LogP) is 0.913. The van der Waals surface area contributed by atoms with Crippen LogP contribution in [0, 0.1) is 6.92 Å². The van der Waals surface area contributed by atoms with E-state index in [-0.39, 0.29) is 0 Å². The molecule has 1 saturated heterocycles. The third-order valence-electron chi connectivity index (χ3n) is 3.79. The second kappa shape index (κ2) is 8.19. The highest BCUT2D eigenvalue weighted by Gasteiger charge is 2.08. The smallest absolute Gasteiger partial charge is 0.125 e. The summed E-state index contributed by atoms with van der Waals surface area (Å²) in [4.78, 5) is 6.76. The summed E-state index contributed by atoms with van der Waals surface area (Å²) < 4.78 is 5.84. The lowest BCUT2D eigenvalue weighted by atomic mass is 10.2. The Hall–Kier alpha value is -1.17. The molecule has 1 aliphatic rings. The van der Waals surface area contributed by atoms with Crippen LogP contribution < -0.4 is 15.8 Å². The van der Waals surface area contributed by atoms with Crippen LogP contribution in [-0.2, 0) is 6.54 Å². The molecule has 2 heterocycles. The van der Waals surface area contributed by atoms with Crippen molar-refractivity contribution in [1.29, 1.82) is 0 Å². The van der Waals surface area contributed by atoms with E-state index in [4.69, 9.17) is 10.5 Å². The summed E-state index contributed by atoms with van der Waals surface area (Å²) in [6.45, 7) is 9.00. The number of rotatable bonds is 7. The normalized spacial score (nSPS) is 16.3. The zero-order chi connectivity index (χ0) is 14.2. The molecule has 1 aromatic rings. The van der Waals surface area contributed by atoms with Gasteiger partial charge in [-0.05, 0) is 32.4 Å². The van der Waals surface area contributed by atoms with Crippen LogP contribution in [0.3, 0.4) is 0 Å². The van der Waals surface area contributed by atoms with E-state index < -0.39 is 0 Å². The molecule has 0 aromatic carbocycles. The minimum absolute atomic E-state index is 0.464. The first-order valence-electron chi connectivity index (χ1n) is 7.51. The van der Waals surface area contributed by atoms with Gasteiger partial charge in [-0.25, -0.2) is 0 Å². The lowest BCUT2D eigenvalue weighted by Crippen LogP contribution is -2.43. The van der Waals surface area contributed by atoms with Crippen LogP contribution in [0.2, 0.25) is 0 Å². The average molecular weight is 278 g/mol. The largest absolute Gasteiger partial charge is 0.493 e. The molecule has 1 fully saturated rings. The second-order valence-electron chi connectivity index (χ2n) is 5.23. The van der Waals surface area contributed by atoms with Gasteiger partial charge in [-0.15, -0.1) is 0 Å². The standard InChI is InChI=1S/C15H26N4O/c1-13-14(12-16)18-5-4-15(13)20-11-3-2-8-19-9-6-17-7-10-19/h4-5,17H,2-3,6-12,16H2,1H3. The first-order valence-corrected chi connectivity index (χ1v) is 7.51. The van der Waals surface area contributed by atoms with Gasteiger partial charge in [0.05, 0.1) is 12.3 Å². The lowest BCUT2D eigenvalue weighted by molar-refractivity contribution is 0.226. The van der Waals surface area contributed by atoms with Gasteiger partial charge in [0.15, 0.2) is 0 Å². The molecule has 20 heavy (non-hydrogen) atoms. The highest BCUT2D eigenvalue weighted by atomic mass is 16.5. The van der Waals surface area contributed by atoms with Gasteiger partial charge < -0.3 is 20.7 Å². The Morgan fingerprint density at radius 2 is 2.15 bits per heavy atom. The average Bonchev–Trinajstić information content (AvgIpc) is 2.49. The number of piperazine rings is 1. The third-order valence-corrected chi connectivity index (χ3v) is 3.79. The Morgan fingerprint density at radius 3 is 2.90 bits per heavy atom. The number of pyridine rings is 1. The van der Waals surface area contributed by atoms with E-state index in [9.17, 15) is 0 Å². The predicted molar refractivity (Wildman–Crippen MR) is 80.9 cm³/mol. The Morgan fingerprint density at radius 1 is 1.35 bits per heavy atom. The van der Waals surface area contributed by atoms with Crippen molar-refractivity contribution in [1.82, 2.24) is 15.2 Å². The number of nitrogens with zero attached hydrogens (tertiary/aromatic N) is 2. The molecule has 5 heteroatoms. The molecule has 5 nitrogen and oxygen atoms in total. The number of ether oxygens (including phenoxy) is 1. The van der Waals surface area contributed by atoms with Gasteiger partial charge in [-0.2, -0.15) is 0 Å². The van der Waals surface area contributed by atoms with Gasteiger partial charge in [-0.3, -0.25) is 4.98 Å². The fourth-order valence-electron chi connectivity index (χ4n) is 2.48. The van der Waals surface area contributed by atoms with Gasteiger partial charge in [0, 0.05) is 44.5 Å². The maximum Gasteiger partial charge on any atom is 0.125 e. The van der Waals surface area contributed by atoms with Gasteiger partial charge in [0.2, 0.25) is 0 Å². The lowest BCUT2D eigenvalue weighted by Gasteiger charge is -2.27. The van der Waals surface area contributed by atoms with E-state index in [2.05, 4.69) is 15.2 Å². The molecule has 0 radical (unpaired) electrons. The van der Waals surface area contributed by atoms with E-state index in [0.717, 1.165) is 43.1 Å². The summed E-state index contributed by atoms with van der Waals surface area (Å²) >= 11 is 0. The summed E-state index contributed by atoms with van der Waals surface area (Å²) in [5, 5.41) is 3.37. The quantitative estimate of drug-likeness (QED) is 0.726. The Balaban J connectivity index is 1.65. The molecule has 1 aromatic heterocycles. The van der Waals surface area contributed by atoms with Crippen LogP contribution in [0.5, 0.6) is 5.75 Å². The maximum absolute atomic E-state index is 5.84. The van der Waals surface area contributed by atoms with E-state index >= 15 is 0 Å². The monoisotopic (exact) mass is 278 g/mol. The molecule has 2 rings (SSSR count). The molecule has 0 atom stereocenters. The highest BCUT2D eigenvalue weighted by Crippen LogP contribution is 2.19. The molecule has 112 valence electrons. The van der Waals surface area contributed by atoms with E-state index in [1.807, 2.05) is 13.0 Å². The van der Waals surface area contributed by atoms with Crippen molar-refractivity contribution < 1.29 is 4.74 Å². The SMILES string of the molecule is Cc1c(OCCCCN2CCNCC2)ccnc1CN. The summed E-state index contributed by atoms with van der Waals surface area (Å²) in [7, 11) is 0. The van der Waals surface area contributed by atoms with Gasteiger partial charge in [0.25, 0.3) is 0 Å². The molecule has 0 bridgehead atoms. The molecule has 0 unspecified atom stereocenters. The van der Waals surface area contributed by atoms with Crippen molar-refractivity contribution in [3.63, 3.8) is 0 Å². The fourth-order valence-corrected chi connectivity index (χ4v) is 2.48. The van der Waals surface area contributed by atoms with Crippen LogP contribution in [0.25, 0.3) is 0 Å². The Labute approximate surface area is 121 Å². The number of hydrogen-bond donors (Lipinski definition) is 2. The number of hydrogen-bond acceptors (Lipinski definition) is 5. The fraction of sp³-hybridized carbons (Fsp3) is 0.667. The van der Waals surface area contributed by atoms with Crippen LogP contribution in [-0.4, -0.2) is 49.2 Å². The van der Waals surface area contributed by atoms with Crippen molar-refractivity contribution in [2.45, 2.75) is 26.3 Å². The second-order valence-corrected chi connectivity index (χ2v) is 5.23. The molecular formula is C15H26N4O. The van der Waals surface area contributed by atoms with Crippen LogP contribution in [0.4, 0.5) is 0 Å². The van der Waals surface area contributed by atoms with Crippen molar-refractivity contribution >= 4 is 0 Å². The van der Waals surface area contributed by atoms with Crippen molar-refractivity contribution in [3.8, 4) is 5.75 Å². The van der Waals surface area contributed by atoms with Crippen LogP contribution >= 0.6 is 0 Å². The first kappa shape index (κ1) is 15.2.